The minimum atomic E-state index is -0.933. The molecule has 0 saturated heterocycles. The lowest BCUT2D eigenvalue weighted by Gasteiger charge is -2.22. The Morgan fingerprint density at radius 1 is 1.56 bits per heavy atom. The van der Waals surface area contributed by atoms with Crippen LogP contribution in [-0.4, -0.2) is 36.4 Å². The van der Waals surface area contributed by atoms with Crippen LogP contribution in [0.4, 0.5) is 5.69 Å². The average Bonchev–Trinajstić information content (AvgIpc) is 2.52. The van der Waals surface area contributed by atoms with Gasteiger partial charge in [0, 0.05) is 24.7 Å². The molecule has 16 heavy (non-hydrogen) atoms. The van der Waals surface area contributed by atoms with Gasteiger partial charge in [-0.3, -0.25) is 0 Å². The van der Waals surface area contributed by atoms with Crippen LogP contribution in [0.5, 0.6) is 0 Å². The molecule has 0 aromatic heterocycles. The number of aromatic carboxylic acids is 1. The standard InChI is InChI=1S/C12H15NO3/c1-12(7-14)6-13(2)10-4-3-8(11(15)16)5-9(10)12/h3-5,14H,6-7H2,1-2H3,(H,15,16). The first-order valence-electron chi connectivity index (χ1n) is 5.18. The van der Waals surface area contributed by atoms with Gasteiger partial charge >= 0.3 is 5.97 Å². The lowest BCUT2D eigenvalue weighted by molar-refractivity contribution is 0.0696. The summed E-state index contributed by atoms with van der Waals surface area (Å²) < 4.78 is 0. The molecular formula is C12H15NO3. The van der Waals surface area contributed by atoms with Crippen molar-refractivity contribution in [3.8, 4) is 0 Å². The molecule has 1 aromatic rings. The van der Waals surface area contributed by atoms with E-state index >= 15 is 0 Å². The average molecular weight is 221 g/mol. The summed E-state index contributed by atoms with van der Waals surface area (Å²) in [7, 11) is 1.94. The molecule has 1 heterocycles. The fraction of sp³-hybridized carbons (Fsp3) is 0.417. The van der Waals surface area contributed by atoms with Crippen LogP contribution in [0.15, 0.2) is 18.2 Å². The largest absolute Gasteiger partial charge is 0.478 e. The van der Waals surface area contributed by atoms with Crippen molar-refractivity contribution < 1.29 is 15.0 Å². The van der Waals surface area contributed by atoms with Crippen molar-refractivity contribution in [1.29, 1.82) is 0 Å². The normalized spacial score (nSPS) is 23.3. The van der Waals surface area contributed by atoms with Gasteiger partial charge in [-0.15, -0.1) is 0 Å². The minimum Gasteiger partial charge on any atom is -0.478 e. The van der Waals surface area contributed by atoms with Gasteiger partial charge in [0.2, 0.25) is 0 Å². The van der Waals surface area contributed by atoms with Gasteiger partial charge in [-0.25, -0.2) is 4.79 Å². The van der Waals surface area contributed by atoms with Gasteiger partial charge in [-0.1, -0.05) is 6.92 Å². The zero-order chi connectivity index (χ0) is 11.9. The number of nitrogens with zero attached hydrogens (tertiary/aromatic N) is 1. The molecular weight excluding hydrogens is 206 g/mol. The highest BCUT2D eigenvalue weighted by Crippen LogP contribution is 2.39. The van der Waals surface area contributed by atoms with E-state index in [2.05, 4.69) is 0 Å². The Kier molecular flexibility index (Phi) is 2.39. The molecule has 2 N–H and O–H groups in total. The highest BCUT2D eigenvalue weighted by molar-refractivity contribution is 5.89. The van der Waals surface area contributed by atoms with E-state index in [1.807, 2.05) is 18.9 Å². The number of hydrogen-bond donors (Lipinski definition) is 2. The fourth-order valence-corrected chi connectivity index (χ4v) is 2.31. The molecule has 1 atom stereocenters. The van der Waals surface area contributed by atoms with Crippen LogP contribution >= 0.6 is 0 Å². The monoisotopic (exact) mass is 221 g/mol. The van der Waals surface area contributed by atoms with E-state index in [4.69, 9.17) is 5.11 Å². The van der Waals surface area contributed by atoms with Crippen LogP contribution < -0.4 is 4.90 Å². The molecule has 2 rings (SSSR count). The highest BCUT2D eigenvalue weighted by Gasteiger charge is 2.37. The van der Waals surface area contributed by atoms with Crippen LogP contribution in [0.1, 0.15) is 22.8 Å². The number of carboxylic acid groups (broad SMARTS) is 1. The number of likely N-dealkylation sites (N-methyl/N-ethyl adjacent to an activating group) is 1. The predicted octanol–water partition coefficient (Wildman–Crippen LogP) is 1.08. The number of aliphatic hydroxyl groups excluding tert-OH is 1. The number of aliphatic hydroxyl groups is 1. The smallest absolute Gasteiger partial charge is 0.335 e. The number of fused-ring (bicyclic) bond motifs is 1. The molecule has 0 radical (unpaired) electrons. The Bertz CT molecular complexity index is 444. The van der Waals surface area contributed by atoms with Crippen LogP contribution in [0.2, 0.25) is 0 Å². The summed E-state index contributed by atoms with van der Waals surface area (Å²) in [5.41, 5.74) is 1.82. The van der Waals surface area contributed by atoms with Crippen molar-refractivity contribution in [3.63, 3.8) is 0 Å². The van der Waals surface area contributed by atoms with Crippen molar-refractivity contribution in [2.75, 3.05) is 25.1 Å². The SMILES string of the molecule is CN1CC(C)(CO)c2cc(C(=O)O)ccc21. The number of rotatable bonds is 2. The van der Waals surface area contributed by atoms with Gasteiger partial charge in [-0.05, 0) is 23.8 Å². The molecule has 1 unspecified atom stereocenters. The molecule has 1 aliphatic rings. The fourth-order valence-electron chi connectivity index (χ4n) is 2.31. The zero-order valence-electron chi connectivity index (χ0n) is 9.40. The van der Waals surface area contributed by atoms with E-state index in [-0.39, 0.29) is 17.6 Å². The molecule has 4 nitrogen and oxygen atoms in total. The lowest BCUT2D eigenvalue weighted by atomic mass is 9.85. The summed E-state index contributed by atoms with van der Waals surface area (Å²) in [4.78, 5) is 12.9. The van der Waals surface area contributed by atoms with Gasteiger partial charge in [0.15, 0.2) is 0 Å². The van der Waals surface area contributed by atoms with Crippen LogP contribution in [0.25, 0.3) is 0 Å². The third kappa shape index (κ3) is 1.46. The molecule has 1 aromatic carbocycles. The maximum Gasteiger partial charge on any atom is 0.335 e. The topological polar surface area (TPSA) is 60.8 Å². The van der Waals surface area contributed by atoms with Crippen molar-refractivity contribution in [2.24, 2.45) is 0 Å². The van der Waals surface area contributed by atoms with Gasteiger partial charge in [0.1, 0.15) is 0 Å². The number of carboxylic acids is 1. The van der Waals surface area contributed by atoms with E-state index < -0.39 is 5.97 Å². The molecule has 0 spiro atoms. The zero-order valence-corrected chi connectivity index (χ0v) is 9.40. The molecule has 1 aliphatic heterocycles. The Labute approximate surface area is 94.1 Å². The summed E-state index contributed by atoms with van der Waals surface area (Å²) in [6.07, 6.45) is 0. The number of anilines is 1. The molecule has 86 valence electrons. The lowest BCUT2D eigenvalue weighted by Crippen LogP contribution is -2.32. The quantitative estimate of drug-likeness (QED) is 0.784. The Hall–Kier alpha value is -1.55. The second kappa shape index (κ2) is 3.49. The van der Waals surface area contributed by atoms with E-state index in [0.717, 1.165) is 11.3 Å². The van der Waals surface area contributed by atoms with E-state index in [1.54, 1.807) is 18.2 Å². The third-order valence-electron chi connectivity index (χ3n) is 3.24. The molecule has 0 aliphatic carbocycles. The van der Waals surface area contributed by atoms with Gasteiger partial charge in [0.05, 0.1) is 12.2 Å². The van der Waals surface area contributed by atoms with Gasteiger partial charge in [0.25, 0.3) is 0 Å². The van der Waals surface area contributed by atoms with Gasteiger partial charge in [-0.2, -0.15) is 0 Å². The summed E-state index contributed by atoms with van der Waals surface area (Å²) in [6.45, 7) is 2.68. The van der Waals surface area contributed by atoms with Crippen LogP contribution in [0.3, 0.4) is 0 Å². The number of carbonyl (C=O) groups is 1. The maximum atomic E-state index is 10.9. The van der Waals surface area contributed by atoms with Crippen molar-refractivity contribution in [1.82, 2.24) is 0 Å². The number of hydrogen-bond acceptors (Lipinski definition) is 3. The predicted molar refractivity (Wildman–Crippen MR) is 61.1 cm³/mol. The Morgan fingerprint density at radius 2 is 2.25 bits per heavy atom. The van der Waals surface area contributed by atoms with Gasteiger partial charge < -0.3 is 15.1 Å². The second-order valence-corrected chi connectivity index (χ2v) is 4.61. The van der Waals surface area contributed by atoms with E-state index in [1.165, 1.54) is 0 Å². The Balaban J connectivity index is 2.56. The highest BCUT2D eigenvalue weighted by atomic mass is 16.4. The van der Waals surface area contributed by atoms with Crippen molar-refractivity contribution >= 4 is 11.7 Å². The summed E-state index contributed by atoms with van der Waals surface area (Å²) >= 11 is 0. The van der Waals surface area contributed by atoms with Crippen molar-refractivity contribution in [2.45, 2.75) is 12.3 Å². The maximum absolute atomic E-state index is 10.9. The first-order valence-corrected chi connectivity index (χ1v) is 5.18. The molecule has 0 amide bonds. The Morgan fingerprint density at radius 3 is 2.81 bits per heavy atom. The molecule has 0 bridgehead atoms. The molecule has 4 heteroatoms. The minimum absolute atomic E-state index is 0.0212. The first-order chi connectivity index (χ1) is 7.48. The van der Waals surface area contributed by atoms with E-state index in [9.17, 15) is 9.90 Å². The third-order valence-corrected chi connectivity index (χ3v) is 3.24. The summed E-state index contributed by atoms with van der Waals surface area (Å²) in [6, 6.07) is 5.07. The first kappa shape index (κ1) is 11.0. The molecule has 0 saturated carbocycles. The molecule has 0 fully saturated rings. The van der Waals surface area contributed by atoms with E-state index in [0.29, 0.717) is 6.54 Å². The van der Waals surface area contributed by atoms with Crippen LogP contribution in [0, 0.1) is 0 Å². The number of benzene rings is 1. The van der Waals surface area contributed by atoms with Crippen LogP contribution in [-0.2, 0) is 5.41 Å². The summed E-state index contributed by atoms with van der Waals surface area (Å²) in [5.74, 6) is -0.933. The van der Waals surface area contributed by atoms with Crippen molar-refractivity contribution in [3.05, 3.63) is 29.3 Å². The summed E-state index contributed by atoms with van der Waals surface area (Å²) in [5, 5.41) is 18.4. The second-order valence-electron chi connectivity index (χ2n) is 4.61.